The summed E-state index contributed by atoms with van der Waals surface area (Å²) in [5.41, 5.74) is 0.916. The molecule has 0 radical (unpaired) electrons. The number of nitrogens with zero attached hydrogens (tertiary/aromatic N) is 3. The molecule has 1 amide bonds. The zero-order chi connectivity index (χ0) is 13.7. The molecule has 19 heavy (non-hydrogen) atoms. The predicted molar refractivity (Wildman–Crippen MR) is 76.4 cm³/mol. The molecule has 0 aliphatic carbocycles. The molecule has 1 N–H and O–H groups in total. The van der Waals surface area contributed by atoms with E-state index in [4.69, 9.17) is 11.6 Å². The molecule has 2 heterocycles. The lowest BCUT2D eigenvalue weighted by molar-refractivity contribution is -0.130. The number of aromatic nitrogens is 1. The highest BCUT2D eigenvalue weighted by molar-refractivity contribution is 6.33. The highest BCUT2D eigenvalue weighted by Gasteiger charge is 2.17. The Morgan fingerprint density at radius 1 is 1.42 bits per heavy atom. The van der Waals surface area contributed by atoms with Crippen molar-refractivity contribution in [2.45, 2.75) is 6.92 Å². The Hall–Kier alpha value is -1.33. The Bertz CT molecular complexity index is 432. The van der Waals surface area contributed by atoms with Gasteiger partial charge in [-0.15, -0.1) is 0 Å². The van der Waals surface area contributed by atoms with Crippen molar-refractivity contribution in [1.29, 1.82) is 0 Å². The van der Waals surface area contributed by atoms with E-state index < -0.39 is 0 Å². The second-order valence-electron chi connectivity index (χ2n) is 4.63. The molecule has 2 rings (SSSR count). The maximum Gasteiger partial charge on any atom is 0.219 e. The number of carbonyl (C=O) groups is 1. The van der Waals surface area contributed by atoms with Crippen LogP contribution in [-0.4, -0.2) is 60.0 Å². The number of amides is 1. The molecule has 1 aliphatic rings. The molecule has 1 saturated heterocycles. The molecule has 1 aromatic rings. The Morgan fingerprint density at radius 3 is 2.79 bits per heavy atom. The van der Waals surface area contributed by atoms with Crippen LogP contribution in [0.3, 0.4) is 0 Å². The molecule has 6 heteroatoms. The van der Waals surface area contributed by atoms with Gasteiger partial charge in [-0.3, -0.25) is 14.7 Å². The lowest BCUT2D eigenvalue weighted by Crippen LogP contribution is -2.49. The third-order valence-electron chi connectivity index (χ3n) is 3.33. The van der Waals surface area contributed by atoms with E-state index in [1.54, 1.807) is 19.3 Å². The van der Waals surface area contributed by atoms with Gasteiger partial charge in [-0.1, -0.05) is 11.6 Å². The zero-order valence-corrected chi connectivity index (χ0v) is 11.9. The third-order valence-corrected chi connectivity index (χ3v) is 3.63. The van der Waals surface area contributed by atoms with Crippen LogP contribution in [0.4, 0.5) is 5.69 Å². The van der Waals surface area contributed by atoms with Crippen molar-refractivity contribution in [2.24, 2.45) is 0 Å². The molecule has 0 atom stereocenters. The molecule has 1 aliphatic heterocycles. The summed E-state index contributed by atoms with van der Waals surface area (Å²) < 4.78 is 0. The van der Waals surface area contributed by atoms with E-state index >= 15 is 0 Å². The van der Waals surface area contributed by atoms with Crippen molar-refractivity contribution in [2.75, 3.05) is 44.6 Å². The predicted octanol–water partition coefficient (Wildman–Crippen LogP) is 1.31. The van der Waals surface area contributed by atoms with E-state index in [0.717, 1.165) is 45.0 Å². The number of anilines is 1. The minimum absolute atomic E-state index is 0.168. The van der Waals surface area contributed by atoms with Crippen LogP contribution in [0.25, 0.3) is 0 Å². The SMILES string of the molecule is CC(=O)N1CCN(CCNc2ccncc2Cl)CC1. The number of piperazine rings is 1. The van der Waals surface area contributed by atoms with Crippen LogP contribution in [0.1, 0.15) is 6.92 Å². The smallest absolute Gasteiger partial charge is 0.219 e. The largest absolute Gasteiger partial charge is 0.382 e. The van der Waals surface area contributed by atoms with Gasteiger partial charge in [-0.05, 0) is 6.07 Å². The summed E-state index contributed by atoms with van der Waals surface area (Å²) in [7, 11) is 0. The summed E-state index contributed by atoms with van der Waals surface area (Å²) in [6.45, 7) is 6.93. The van der Waals surface area contributed by atoms with Gasteiger partial charge < -0.3 is 10.2 Å². The van der Waals surface area contributed by atoms with Gasteiger partial charge in [0.15, 0.2) is 0 Å². The van der Waals surface area contributed by atoms with E-state index in [9.17, 15) is 4.79 Å². The molecule has 0 aromatic carbocycles. The van der Waals surface area contributed by atoms with Gasteiger partial charge in [-0.2, -0.15) is 0 Å². The quantitative estimate of drug-likeness (QED) is 0.905. The Labute approximate surface area is 118 Å². The molecule has 0 unspecified atom stereocenters. The van der Waals surface area contributed by atoms with Crippen LogP contribution in [0.2, 0.25) is 5.02 Å². The van der Waals surface area contributed by atoms with Gasteiger partial charge in [0.1, 0.15) is 0 Å². The number of hydrogen-bond donors (Lipinski definition) is 1. The number of rotatable bonds is 4. The normalized spacial score (nSPS) is 16.4. The summed E-state index contributed by atoms with van der Waals surface area (Å²) in [6, 6.07) is 1.87. The number of carbonyl (C=O) groups excluding carboxylic acids is 1. The van der Waals surface area contributed by atoms with Gasteiger partial charge in [0.25, 0.3) is 0 Å². The van der Waals surface area contributed by atoms with Crippen LogP contribution < -0.4 is 5.32 Å². The molecule has 0 bridgehead atoms. The fraction of sp³-hybridized carbons (Fsp3) is 0.538. The van der Waals surface area contributed by atoms with Crippen molar-refractivity contribution < 1.29 is 4.79 Å². The standard InChI is InChI=1S/C13H19ClN4O/c1-11(19)18-8-6-17(7-9-18)5-4-16-13-2-3-15-10-12(13)14/h2-3,10H,4-9H2,1H3,(H,15,16). The van der Waals surface area contributed by atoms with E-state index in [0.29, 0.717) is 5.02 Å². The molecule has 0 saturated carbocycles. The second-order valence-corrected chi connectivity index (χ2v) is 5.04. The molecule has 0 spiro atoms. The van der Waals surface area contributed by atoms with Crippen LogP contribution in [0.5, 0.6) is 0 Å². The second kappa shape index (κ2) is 6.73. The molecule has 1 aromatic heterocycles. The monoisotopic (exact) mass is 282 g/mol. The van der Waals surface area contributed by atoms with Crippen molar-refractivity contribution in [3.05, 3.63) is 23.5 Å². The zero-order valence-electron chi connectivity index (χ0n) is 11.1. The van der Waals surface area contributed by atoms with Crippen LogP contribution in [-0.2, 0) is 4.79 Å². The maximum absolute atomic E-state index is 11.2. The third kappa shape index (κ3) is 4.08. The summed E-state index contributed by atoms with van der Waals surface area (Å²) in [5.74, 6) is 0.168. The summed E-state index contributed by atoms with van der Waals surface area (Å²) in [5, 5.41) is 3.94. The lowest BCUT2D eigenvalue weighted by atomic mass is 10.3. The highest BCUT2D eigenvalue weighted by atomic mass is 35.5. The minimum Gasteiger partial charge on any atom is -0.382 e. The van der Waals surface area contributed by atoms with Gasteiger partial charge in [0.2, 0.25) is 5.91 Å². The lowest BCUT2D eigenvalue weighted by Gasteiger charge is -2.34. The fourth-order valence-electron chi connectivity index (χ4n) is 2.15. The van der Waals surface area contributed by atoms with Gasteiger partial charge in [0, 0.05) is 58.6 Å². The average Bonchev–Trinajstić information content (AvgIpc) is 2.41. The van der Waals surface area contributed by atoms with Crippen molar-refractivity contribution in [3.63, 3.8) is 0 Å². The first-order valence-electron chi connectivity index (χ1n) is 6.48. The van der Waals surface area contributed by atoms with Gasteiger partial charge in [0.05, 0.1) is 10.7 Å². The number of pyridine rings is 1. The summed E-state index contributed by atoms with van der Waals surface area (Å²) >= 11 is 6.02. The molecule has 1 fully saturated rings. The van der Waals surface area contributed by atoms with Crippen molar-refractivity contribution in [1.82, 2.24) is 14.8 Å². The first kappa shape index (κ1) is 14.1. The maximum atomic E-state index is 11.2. The molecular formula is C13H19ClN4O. The Balaban J connectivity index is 1.70. The topological polar surface area (TPSA) is 48.5 Å². The van der Waals surface area contributed by atoms with Crippen LogP contribution in [0.15, 0.2) is 18.5 Å². The first-order valence-corrected chi connectivity index (χ1v) is 6.86. The fourth-order valence-corrected chi connectivity index (χ4v) is 2.34. The minimum atomic E-state index is 0.168. The van der Waals surface area contributed by atoms with Gasteiger partial charge in [-0.25, -0.2) is 0 Å². The van der Waals surface area contributed by atoms with E-state index in [1.807, 2.05) is 11.0 Å². The first-order chi connectivity index (χ1) is 9.16. The average molecular weight is 283 g/mol. The van der Waals surface area contributed by atoms with E-state index in [1.165, 1.54) is 0 Å². The van der Waals surface area contributed by atoms with Gasteiger partial charge >= 0.3 is 0 Å². The van der Waals surface area contributed by atoms with E-state index in [2.05, 4.69) is 15.2 Å². The highest BCUT2D eigenvalue weighted by Crippen LogP contribution is 2.18. The molecule has 5 nitrogen and oxygen atoms in total. The number of hydrogen-bond acceptors (Lipinski definition) is 4. The van der Waals surface area contributed by atoms with Crippen molar-refractivity contribution >= 4 is 23.2 Å². The summed E-state index contributed by atoms with van der Waals surface area (Å²) in [4.78, 5) is 19.4. The van der Waals surface area contributed by atoms with Crippen LogP contribution >= 0.6 is 11.6 Å². The van der Waals surface area contributed by atoms with E-state index in [-0.39, 0.29) is 5.91 Å². The molecule has 104 valence electrons. The Morgan fingerprint density at radius 2 is 2.16 bits per heavy atom. The number of nitrogens with one attached hydrogen (secondary N) is 1. The summed E-state index contributed by atoms with van der Waals surface area (Å²) in [6.07, 6.45) is 3.36. The number of halogens is 1. The molecular weight excluding hydrogens is 264 g/mol. The van der Waals surface area contributed by atoms with Crippen molar-refractivity contribution in [3.8, 4) is 0 Å². The Kier molecular flexibility index (Phi) is 4.99. The van der Waals surface area contributed by atoms with Crippen LogP contribution in [0, 0.1) is 0 Å².